The lowest BCUT2D eigenvalue weighted by Gasteiger charge is -2.18. The third-order valence-corrected chi connectivity index (χ3v) is 13.0. The Labute approximate surface area is 462 Å². The number of esters is 3. The second-order valence-corrected chi connectivity index (χ2v) is 20.2. The fourth-order valence-electron chi connectivity index (χ4n) is 8.41. The standard InChI is InChI=1S/C69H114O6/c1-4-7-10-13-16-19-22-25-27-28-29-30-31-32-33-34-35-36-37-38-39-40-42-44-47-50-53-56-59-62-68(71)74-65-66(64-73-67(70)61-58-55-52-49-46-43-24-21-18-15-12-9-6-3)75-69(72)63-60-57-54-51-48-45-41-26-23-20-17-14-11-8-5-2/h8-9,11-12,17-18,20-21,26,28-29,41,43,46,48,51-52,55,57,60,66H,4-7,10,13-16,19,22-25,27,30-40,42,44-45,47,49-50,53-54,56,58-59,61-65H2,1-3H3/b11-8-,12-9-,20-17-,21-18-,29-28-,41-26-,46-43-,51-48-,55-52-,60-57-. The van der Waals surface area contributed by atoms with E-state index < -0.39 is 12.1 Å². The summed E-state index contributed by atoms with van der Waals surface area (Å²) in [6, 6.07) is 0. The average Bonchev–Trinajstić information content (AvgIpc) is 3.41. The molecule has 0 saturated carbocycles. The van der Waals surface area contributed by atoms with Crippen molar-refractivity contribution in [1.82, 2.24) is 0 Å². The average molecular weight is 1040 g/mol. The van der Waals surface area contributed by atoms with Gasteiger partial charge in [0.15, 0.2) is 6.10 Å². The first-order valence-corrected chi connectivity index (χ1v) is 31.0. The fraction of sp³-hybridized carbons (Fsp3) is 0.667. The summed E-state index contributed by atoms with van der Waals surface area (Å²) < 4.78 is 16.7. The van der Waals surface area contributed by atoms with Crippen LogP contribution < -0.4 is 0 Å². The monoisotopic (exact) mass is 1040 g/mol. The lowest BCUT2D eigenvalue weighted by atomic mass is 10.0. The van der Waals surface area contributed by atoms with Crippen LogP contribution in [-0.2, 0) is 28.6 Å². The molecule has 0 aromatic rings. The van der Waals surface area contributed by atoms with Gasteiger partial charge in [0.1, 0.15) is 13.2 Å². The van der Waals surface area contributed by atoms with Gasteiger partial charge < -0.3 is 14.2 Å². The van der Waals surface area contributed by atoms with Crippen LogP contribution in [0.3, 0.4) is 0 Å². The molecule has 1 unspecified atom stereocenters. The molecule has 0 radical (unpaired) electrons. The van der Waals surface area contributed by atoms with Crippen LogP contribution in [0.5, 0.6) is 0 Å². The number of carbonyl (C=O) groups is 3. The molecular weight excluding hydrogens is 925 g/mol. The van der Waals surface area contributed by atoms with Gasteiger partial charge in [-0.2, -0.15) is 0 Å². The smallest absolute Gasteiger partial charge is 0.310 e. The van der Waals surface area contributed by atoms with Gasteiger partial charge in [-0.25, -0.2) is 0 Å². The van der Waals surface area contributed by atoms with E-state index in [1.54, 1.807) is 6.08 Å². The minimum atomic E-state index is -0.864. The van der Waals surface area contributed by atoms with Gasteiger partial charge in [0.2, 0.25) is 0 Å². The number of unbranched alkanes of at least 4 members (excludes halogenated alkanes) is 25. The first-order chi connectivity index (χ1) is 37.0. The predicted molar refractivity (Wildman–Crippen MR) is 325 cm³/mol. The van der Waals surface area contributed by atoms with E-state index in [1.807, 2.05) is 18.2 Å². The van der Waals surface area contributed by atoms with Crippen LogP contribution in [0.25, 0.3) is 0 Å². The van der Waals surface area contributed by atoms with Gasteiger partial charge in [0, 0.05) is 12.8 Å². The lowest BCUT2D eigenvalue weighted by Crippen LogP contribution is -2.30. The van der Waals surface area contributed by atoms with Crippen LogP contribution in [0.4, 0.5) is 0 Å². The topological polar surface area (TPSA) is 78.9 Å². The van der Waals surface area contributed by atoms with Crippen molar-refractivity contribution in [3.8, 4) is 0 Å². The summed E-state index contributed by atoms with van der Waals surface area (Å²) in [4.78, 5) is 38.1. The third kappa shape index (κ3) is 60.6. The van der Waals surface area contributed by atoms with Crippen molar-refractivity contribution in [3.05, 3.63) is 122 Å². The molecule has 6 nitrogen and oxygen atoms in total. The molecule has 0 spiro atoms. The maximum Gasteiger partial charge on any atom is 0.310 e. The number of ether oxygens (including phenoxy) is 3. The number of rotatable bonds is 55. The van der Waals surface area contributed by atoms with Crippen molar-refractivity contribution in [3.63, 3.8) is 0 Å². The second-order valence-electron chi connectivity index (χ2n) is 20.2. The first kappa shape index (κ1) is 70.8. The van der Waals surface area contributed by atoms with E-state index in [0.717, 1.165) is 70.6 Å². The number of hydrogen-bond donors (Lipinski definition) is 0. The summed E-state index contributed by atoms with van der Waals surface area (Å²) in [5.74, 6) is -1.16. The third-order valence-electron chi connectivity index (χ3n) is 13.0. The van der Waals surface area contributed by atoms with E-state index >= 15 is 0 Å². The Morgan fingerprint density at radius 3 is 0.960 bits per heavy atom. The maximum atomic E-state index is 12.8. The van der Waals surface area contributed by atoms with Gasteiger partial charge in [0.25, 0.3) is 0 Å². The molecule has 0 aromatic heterocycles. The highest BCUT2D eigenvalue weighted by Gasteiger charge is 2.19. The van der Waals surface area contributed by atoms with Crippen molar-refractivity contribution in [2.75, 3.05) is 13.2 Å². The highest BCUT2D eigenvalue weighted by atomic mass is 16.6. The molecule has 0 heterocycles. The van der Waals surface area contributed by atoms with E-state index in [0.29, 0.717) is 19.3 Å². The molecule has 0 aliphatic heterocycles. The van der Waals surface area contributed by atoms with Crippen LogP contribution in [0.2, 0.25) is 0 Å². The van der Waals surface area contributed by atoms with E-state index in [9.17, 15) is 14.4 Å². The number of carbonyl (C=O) groups excluding carboxylic acids is 3. The van der Waals surface area contributed by atoms with Gasteiger partial charge in [-0.3, -0.25) is 14.4 Å². The Morgan fingerprint density at radius 1 is 0.293 bits per heavy atom. The molecular formula is C69H114O6. The van der Waals surface area contributed by atoms with E-state index in [4.69, 9.17) is 14.2 Å². The molecule has 426 valence electrons. The Hall–Kier alpha value is -4.19. The summed E-state index contributed by atoms with van der Waals surface area (Å²) in [5.41, 5.74) is 0. The van der Waals surface area contributed by atoms with Gasteiger partial charge >= 0.3 is 17.9 Å². The zero-order chi connectivity index (χ0) is 54.3. The van der Waals surface area contributed by atoms with E-state index in [1.165, 1.54) is 154 Å². The fourth-order valence-corrected chi connectivity index (χ4v) is 8.41. The number of allylic oxidation sites excluding steroid dienone is 19. The highest BCUT2D eigenvalue weighted by molar-refractivity contribution is 5.72. The van der Waals surface area contributed by atoms with E-state index in [2.05, 4.69) is 118 Å². The Bertz CT molecular complexity index is 1570. The summed E-state index contributed by atoms with van der Waals surface area (Å²) in [6.07, 6.45) is 87.0. The Kier molecular flexibility index (Phi) is 58.9. The molecule has 0 aliphatic carbocycles. The zero-order valence-electron chi connectivity index (χ0n) is 48.8. The normalized spacial score (nSPS) is 12.9. The Morgan fingerprint density at radius 2 is 0.587 bits per heavy atom. The molecule has 0 aromatic carbocycles. The summed E-state index contributed by atoms with van der Waals surface area (Å²) in [7, 11) is 0. The predicted octanol–water partition coefficient (Wildman–Crippen LogP) is 21.2. The molecule has 0 amide bonds. The van der Waals surface area contributed by atoms with Gasteiger partial charge in [-0.15, -0.1) is 0 Å². The quantitative estimate of drug-likeness (QED) is 0.0261. The van der Waals surface area contributed by atoms with Gasteiger partial charge in [0.05, 0.1) is 6.42 Å². The van der Waals surface area contributed by atoms with Crippen molar-refractivity contribution in [2.45, 2.75) is 284 Å². The summed E-state index contributed by atoms with van der Waals surface area (Å²) >= 11 is 0. The molecule has 0 bridgehead atoms. The largest absolute Gasteiger partial charge is 0.462 e. The van der Waals surface area contributed by atoms with Crippen molar-refractivity contribution < 1.29 is 28.6 Å². The second kappa shape index (κ2) is 62.4. The summed E-state index contributed by atoms with van der Waals surface area (Å²) in [5, 5.41) is 0. The lowest BCUT2D eigenvalue weighted by molar-refractivity contribution is -0.166. The van der Waals surface area contributed by atoms with E-state index in [-0.39, 0.29) is 38.0 Å². The molecule has 1 atom stereocenters. The number of hydrogen-bond acceptors (Lipinski definition) is 6. The van der Waals surface area contributed by atoms with Crippen LogP contribution in [0.1, 0.15) is 278 Å². The highest BCUT2D eigenvalue weighted by Crippen LogP contribution is 2.16. The van der Waals surface area contributed by atoms with Crippen LogP contribution in [0.15, 0.2) is 122 Å². The minimum Gasteiger partial charge on any atom is -0.462 e. The van der Waals surface area contributed by atoms with Crippen molar-refractivity contribution in [2.24, 2.45) is 0 Å². The molecule has 0 aliphatic rings. The Balaban J connectivity index is 4.31. The van der Waals surface area contributed by atoms with Crippen molar-refractivity contribution in [1.29, 1.82) is 0 Å². The SMILES string of the molecule is CC/C=C\C/C=C\C/C=C\C/C=C\C/C=C\CC(=O)OC(COC(=O)CC/C=C\C/C=C\C/C=C\C/C=C\CC)COC(=O)CCCCCCCCCCCCCCCCCCC/C=C\CCCCCCCCCC. The van der Waals surface area contributed by atoms with Gasteiger partial charge in [-0.1, -0.05) is 284 Å². The minimum absolute atomic E-state index is 0.0794. The van der Waals surface area contributed by atoms with Crippen LogP contribution in [-0.4, -0.2) is 37.2 Å². The van der Waals surface area contributed by atoms with Crippen LogP contribution in [0, 0.1) is 0 Å². The maximum absolute atomic E-state index is 12.8. The van der Waals surface area contributed by atoms with Crippen LogP contribution >= 0.6 is 0 Å². The first-order valence-electron chi connectivity index (χ1n) is 31.0. The van der Waals surface area contributed by atoms with Crippen molar-refractivity contribution >= 4 is 17.9 Å². The van der Waals surface area contributed by atoms with Gasteiger partial charge in [-0.05, 0) is 96.3 Å². The molecule has 0 fully saturated rings. The molecule has 0 saturated heterocycles. The molecule has 75 heavy (non-hydrogen) atoms. The zero-order valence-corrected chi connectivity index (χ0v) is 48.8. The molecule has 0 N–H and O–H groups in total. The molecule has 0 rings (SSSR count). The molecule has 6 heteroatoms. The summed E-state index contributed by atoms with van der Waals surface area (Å²) in [6.45, 7) is 6.27.